The van der Waals surface area contributed by atoms with Crippen molar-refractivity contribution in [1.29, 1.82) is 0 Å². The van der Waals surface area contributed by atoms with Gasteiger partial charge in [-0.1, -0.05) is 0 Å². The minimum Gasteiger partial charge on any atom is -0.345 e. The summed E-state index contributed by atoms with van der Waals surface area (Å²) in [4.78, 5) is 0. The van der Waals surface area contributed by atoms with Gasteiger partial charge in [0.1, 0.15) is 11.9 Å². The van der Waals surface area contributed by atoms with Crippen molar-refractivity contribution in [3.05, 3.63) is 18.7 Å². The van der Waals surface area contributed by atoms with Gasteiger partial charge >= 0.3 is 0 Å². The van der Waals surface area contributed by atoms with E-state index in [1.54, 1.807) is 6.20 Å². The maximum Gasteiger partial charge on any atom is 0.152 e. The lowest BCUT2D eigenvalue weighted by atomic mass is 10.3. The Balaban J connectivity index is 2.48. The number of rotatable bonds is 1. The summed E-state index contributed by atoms with van der Waals surface area (Å²) < 4.78 is 4.52. The number of aromatic nitrogens is 4. The van der Waals surface area contributed by atoms with Crippen LogP contribution in [0.3, 0.4) is 0 Å². The molecule has 1 N–H and O–H groups in total. The number of hydrogen-bond acceptors (Lipinski definition) is 4. The van der Waals surface area contributed by atoms with Crippen molar-refractivity contribution in [2.75, 3.05) is 0 Å². The Kier molecular flexibility index (Phi) is 1.00. The Morgan fingerprint density at radius 2 is 2.60 bits per heavy atom. The molecule has 1 radical (unpaired) electrons. The molecule has 5 nitrogen and oxygen atoms in total. The molecule has 0 saturated heterocycles. The molecule has 0 aromatic carbocycles. The van der Waals surface area contributed by atoms with Crippen molar-refractivity contribution in [2.45, 2.75) is 0 Å². The molecule has 2 heterocycles. The van der Waals surface area contributed by atoms with Gasteiger partial charge in [-0.3, -0.25) is 5.10 Å². The molecule has 0 aliphatic rings. The molecule has 0 aliphatic heterocycles. The van der Waals surface area contributed by atoms with Gasteiger partial charge < -0.3 is 4.52 Å². The summed E-state index contributed by atoms with van der Waals surface area (Å²) in [6.45, 7) is 0. The maximum absolute atomic E-state index is 4.52. The molecule has 2 aromatic heterocycles. The largest absolute Gasteiger partial charge is 0.345 e. The van der Waals surface area contributed by atoms with Crippen LogP contribution in [0.2, 0.25) is 0 Å². The van der Waals surface area contributed by atoms with Crippen LogP contribution < -0.4 is 0 Å². The van der Waals surface area contributed by atoms with E-state index in [0.717, 1.165) is 5.56 Å². The summed E-state index contributed by atoms with van der Waals surface area (Å²) in [5.41, 5.74) is 1.38. The number of H-pyrrole nitrogens is 1. The van der Waals surface area contributed by atoms with Gasteiger partial charge in [0.15, 0.2) is 6.26 Å². The zero-order chi connectivity index (χ0) is 6.81. The normalized spacial score (nSPS) is 10.0. The van der Waals surface area contributed by atoms with Gasteiger partial charge in [-0.25, -0.2) is 0 Å². The maximum atomic E-state index is 4.52. The van der Waals surface area contributed by atoms with Crippen molar-refractivity contribution in [2.24, 2.45) is 0 Å². The Morgan fingerprint density at radius 3 is 3.20 bits per heavy atom. The lowest BCUT2D eigenvalue weighted by Crippen LogP contribution is -1.72. The second kappa shape index (κ2) is 1.94. The molecule has 2 rings (SSSR count). The zero-order valence-corrected chi connectivity index (χ0v) is 4.90. The first-order chi connectivity index (χ1) is 4.97. The second-order valence-electron chi connectivity index (χ2n) is 1.70. The zero-order valence-electron chi connectivity index (χ0n) is 4.90. The Hall–Kier alpha value is -1.65. The highest BCUT2D eigenvalue weighted by Crippen LogP contribution is 2.11. The van der Waals surface area contributed by atoms with E-state index in [0.29, 0.717) is 5.69 Å². The minimum atomic E-state index is 0.633. The third-order valence-electron chi connectivity index (χ3n) is 1.09. The van der Waals surface area contributed by atoms with Crippen molar-refractivity contribution >= 4 is 0 Å². The van der Waals surface area contributed by atoms with Crippen LogP contribution in [0, 0.1) is 6.20 Å². The van der Waals surface area contributed by atoms with Crippen LogP contribution in [0.4, 0.5) is 0 Å². The van der Waals surface area contributed by atoms with Gasteiger partial charge in [-0.05, 0) is 0 Å². The van der Waals surface area contributed by atoms with E-state index in [1.165, 1.54) is 6.26 Å². The summed E-state index contributed by atoms with van der Waals surface area (Å²) in [6.07, 6.45) is 5.77. The highest BCUT2D eigenvalue weighted by Gasteiger charge is 2.01. The minimum absolute atomic E-state index is 0.633. The van der Waals surface area contributed by atoms with Crippen molar-refractivity contribution in [3.63, 3.8) is 0 Å². The van der Waals surface area contributed by atoms with E-state index in [1.807, 2.05) is 0 Å². The molecule has 0 spiro atoms. The lowest BCUT2D eigenvalue weighted by Gasteiger charge is -1.77. The van der Waals surface area contributed by atoms with E-state index in [2.05, 4.69) is 31.3 Å². The number of nitrogens with zero attached hydrogens (tertiary/aromatic N) is 3. The van der Waals surface area contributed by atoms with Gasteiger partial charge in [-0.15, -0.1) is 5.10 Å². The third kappa shape index (κ3) is 0.680. The number of hydrogen-bond donors (Lipinski definition) is 1. The molecular formula is C5H3N4O. The molecule has 2 aromatic rings. The van der Waals surface area contributed by atoms with Crippen molar-refractivity contribution in [3.8, 4) is 11.3 Å². The molecule has 0 saturated carbocycles. The highest BCUT2D eigenvalue weighted by molar-refractivity contribution is 5.53. The number of nitrogens with one attached hydrogen (secondary N) is 1. The van der Waals surface area contributed by atoms with Gasteiger partial charge in [0.25, 0.3) is 0 Å². The van der Waals surface area contributed by atoms with Crippen LogP contribution in [-0.4, -0.2) is 20.6 Å². The summed E-state index contributed by atoms with van der Waals surface area (Å²) >= 11 is 0. The Bertz CT molecular complexity index is 253. The topological polar surface area (TPSA) is 67.6 Å². The van der Waals surface area contributed by atoms with Crippen LogP contribution >= 0.6 is 0 Å². The van der Waals surface area contributed by atoms with Gasteiger partial charge in [-0.2, -0.15) is 5.10 Å². The van der Waals surface area contributed by atoms with E-state index >= 15 is 0 Å². The number of aromatic amines is 1. The van der Waals surface area contributed by atoms with Gasteiger partial charge in [0.05, 0.1) is 5.56 Å². The first-order valence-corrected chi connectivity index (χ1v) is 2.66. The average Bonchev–Trinajstić information content (AvgIpc) is 2.59. The molecule has 0 amide bonds. The van der Waals surface area contributed by atoms with E-state index in [4.69, 9.17) is 0 Å². The first-order valence-electron chi connectivity index (χ1n) is 2.66. The van der Waals surface area contributed by atoms with Crippen LogP contribution in [0.1, 0.15) is 0 Å². The van der Waals surface area contributed by atoms with E-state index in [-0.39, 0.29) is 0 Å². The predicted molar refractivity (Wildman–Crippen MR) is 30.7 cm³/mol. The molecule has 0 fully saturated rings. The summed E-state index contributed by atoms with van der Waals surface area (Å²) in [5.74, 6) is 0. The molecule has 5 heteroatoms. The predicted octanol–water partition coefficient (Wildman–Crippen LogP) is 0.260. The quantitative estimate of drug-likeness (QED) is 0.609. The van der Waals surface area contributed by atoms with Crippen LogP contribution in [0.5, 0.6) is 0 Å². The van der Waals surface area contributed by atoms with Crippen LogP contribution in [0.15, 0.2) is 17.0 Å². The Labute approximate surface area is 56.0 Å². The first kappa shape index (κ1) is 5.16. The average molecular weight is 135 g/mol. The Morgan fingerprint density at radius 1 is 1.60 bits per heavy atom. The third-order valence-corrected chi connectivity index (χ3v) is 1.09. The second-order valence-corrected chi connectivity index (χ2v) is 1.70. The van der Waals surface area contributed by atoms with Crippen molar-refractivity contribution in [1.82, 2.24) is 20.6 Å². The standard InChI is InChI=1S/C5H3N4O/c1-4(2-7-6-1)5-3-10-9-8-5/h1,3H,(H,6,7). The molecular weight excluding hydrogens is 132 g/mol. The fraction of sp³-hybridized carbons (Fsp3) is 0. The molecule has 0 unspecified atom stereocenters. The van der Waals surface area contributed by atoms with Crippen LogP contribution in [0.25, 0.3) is 11.3 Å². The molecule has 10 heavy (non-hydrogen) atoms. The lowest BCUT2D eigenvalue weighted by molar-refractivity contribution is 0.393. The molecule has 0 atom stereocenters. The van der Waals surface area contributed by atoms with Gasteiger partial charge in [0.2, 0.25) is 0 Å². The van der Waals surface area contributed by atoms with E-state index < -0.39 is 0 Å². The smallest absolute Gasteiger partial charge is 0.152 e. The fourth-order valence-corrected chi connectivity index (χ4v) is 0.635. The summed E-state index contributed by atoms with van der Waals surface area (Å²) in [6, 6.07) is 0. The highest BCUT2D eigenvalue weighted by atomic mass is 16.5. The molecule has 49 valence electrons. The van der Waals surface area contributed by atoms with Crippen molar-refractivity contribution < 1.29 is 4.52 Å². The SMILES string of the molecule is [c]1n[nH]cc1-c1conn1. The molecule has 0 aliphatic carbocycles. The van der Waals surface area contributed by atoms with E-state index in [9.17, 15) is 0 Å². The monoisotopic (exact) mass is 135 g/mol. The van der Waals surface area contributed by atoms with Crippen LogP contribution in [-0.2, 0) is 0 Å². The van der Waals surface area contributed by atoms with Gasteiger partial charge in [0, 0.05) is 11.5 Å². The summed E-state index contributed by atoms with van der Waals surface area (Å²) in [7, 11) is 0. The summed E-state index contributed by atoms with van der Waals surface area (Å²) in [5, 5.41) is 13.2. The fourth-order valence-electron chi connectivity index (χ4n) is 0.635. The molecule has 0 bridgehead atoms.